The molecule has 0 bridgehead atoms. The Kier molecular flexibility index (Phi) is 5.38. The van der Waals surface area contributed by atoms with E-state index in [1.807, 2.05) is 32.0 Å². The third-order valence-electron chi connectivity index (χ3n) is 6.12. The number of benzene rings is 2. The van der Waals surface area contributed by atoms with Crippen molar-refractivity contribution in [3.8, 4) is 28.6 Å². The number of rotatable bonds is 5. The minimum Gasteiger partial charge on any atom is -0.489 e. The highest BCUT2D eigenvalue weighted by molar-refractivity contribution is 5.69. The summed E-state index contributed by atoms with van der Waals surface area (Å²) < 4.78 is 11.3. The Balaban J connectivity index is 1.42. The van der Waals surface area contributed by atoms with Gasteiger partial charge in [0.1, 0.15) is 5.75 Å². The van der Waals surface area contributed by atoms with E-state index in [1.165, 1.54) is 11.1 Å². The Morgan fingerprint density at radius 1 is 1.19 bits per heavy atom. The van der Waals surface area contributed by atoms with Gasteiger partial charge in [-0.3, -0.25) is 4.90 Å². The van der Waals surface area contributed by atoms with Gasteiger partial charge in [0.05, 0.1) is 11.8 Å². The number of anilines is 1. The second kappa shape index (κ2) is 8.32. The van der Waals surface area contributed by atoms with E-state index in [9.17, 15) is 0 Å². The number of fused-ring (bicyclic) bond motifs is 1. The van der Waals surface area contributed by atoms with Crippen molar-refractivity contribution in [2.75, 3.05) is 31.9 Å². The van der Waals surface area contributed by atoms with E-state index in [4.69, 9.17) is 20.0 Å². The molecule has 7 nitrogen and oxygen atoms in total. The van der Waals surface area contributed by atoms with E-state index >= 15 is 0 Å². The summed E-state index contributed by atoms with van der Waals surface area (Å²) in [5, 5.41) is 7.74. The average molecular weight is 420 g/mol. The predicted octanol–water partition coefficient (Wildman–Crippen LogP) is 3.67. The second-order valence-electron chi connectivity index (χ2n) is 8.56. The number of nitrogens with two attached hydrogens (primary N) is 1. The lowest BCUT2D eigenvalue weighted by atomic mass is 10.0. The summed E-state index contributed by atoms with van der Waals surface area (Å²) in [6.07, 6.45) is 2.25. The van der Waals surface area contributed by atoms with Crippen LogP contribution >= 0.6 is 0 Å². The van der Waals surface area contributed by atoms with Crippen molar-refractivity contribution < 1.29 is 9.26 Å². The topological polar surface area (TPSA) is 89.4 Å². The number of nitrogen functional groups attached to an aromatic ring is 1. The van der Waals surface area contributed by atoms with Crippen molar-refractivity contribution in [3.05, 3.63) is 47.5 Å². The van der Waals surface area contributed by atoms with Crippen LogP contribution in [0.5, 0.6) is 5.75 Å². The van der Waals surface area contributed by atoms with Gasteiger partial charge >= 0.3 is 0 Å². The largest absolute Gasteiger partial charge is 0.489 e. The molecule has 3 aromatic rings. The van der Waals surface area contributed by atoms with Crippen LogP contribution in [0.1, 0.15) is 37.4 Å². The molecule has 2 heterocycles. The summed E-state index contributed by atoms with van der Waals surface area (Å²) in [5.74, 6) is 1.76. The molecule has 2 aromatic carbocycles. The maximum atomic E-state index is 6.16. The van der Waals surface area contributed by atoms with Gasteiger partial charge in [0.15, 0.2) is 0 Å². The van der Waals surface area contributed by atoms with Gasteiger partial charge in [-0.2, -0.15) is 4.98 Å². The number of ether oxygens (including phenoxy) is 1. The molecular weight excluding hydrogens is 390 g/mol. The molecular formula is C24H29N5O2. The van der Waals surface area contributed by atoms with Crippen LogP contribution in [-0.2, 0) is 6.42 Å². The molecule has 1 saturated heterocycles. The molecule has 3 N–H and O–H groups in total. The van der Waals surface area contributed by atoms with Gasteiger partial charge in [0.2, 0.25) is 5.82 Å². The normalized spacial score (nSPS) is 19.0. The fourth-order valence-corrected chi connectivity index (χ4v) is 4.71. The van der Waals surface area contributed by atoms with Crippen LogP contribution in [0.4, 0.5) is 5.69 Å². The van der Waals surface area contributed by atoms with Crippen LogP contribution in [-0.4, -0.2) is 47.3 Å². The quantitative estimate of drug-likeness (QED) is 0.610. The zero-order valence-electron chi connectivity index (χ0n) is 18.1. The molecule has 1 aromatic heterocycles. The number of nitrogens with zero attached hydrogens (tertiary/aromatic N) is 3. The van der Waals surface area contributed by atoms with Crippen molar-refractivity contribution in [1.82, 2.24) is 20.4 Å². The molecule has 1 aliphatic heterocycles. The standard InChI is InChI=1S/C24H29N5O2/c1-15(2)30-22-9-6-16(14-20(22)25)24-27-23(28-31-24)19-5-3-4-18-17(19)7-8-21(18)29-12-10-26-11-13-29/h3-6,9,14-15,21,26H,7-8,10-13,25H2,1-2H3. The highest BCUT2D eigenvalue weighted by Crippen LogP contribution is 2.40. The molecule has 31 heavy (non-hydrogen) atoms. The molecule has 0 saturated carbocycles. The van der Waals surface area contributed by atoms with Crippen molar-refractivity contribution in [2.45, 2.75) is 38.8 Å². The van der Waals surface area contributed by atoms with Crippen LogP contribution in [0.2, 0.25) is 0 Å². The maximum Gasteiger partial charge on any atom is 0.258 e. The molecule has 1 atom stereocenters. The first-order valence-corrected chi connectivity index (χ1v) is 11.1. The number of hydrogen-bond acceptors (Lipinski definition) is 7. The van der Waals surface area contributed by atoms with Gasteiger partial charge in [0, 0.05) is 43.3 Å². The molecule has 0 amide bonds. The summed E-state index contributed by atoms with van der Waals surface area (Å²) in [7, 11) is 0. The molecule has 1 aliphatic carbocycles. The Hall–Kier alpha value is -2.90. The lowest BCUT2D eigenvalue weighted by molar-refractivity contribution is 0.173. The van der Waals surface area contributed by atoms with Crippen molar-refractivity contribution in [1.29, 1.82) is 0 Å². The van der Waals surface area contributed by atoms with E-state index in [-0.39, 0.29) is 6.10 Å². The Morgan fingerprint density at radius 3 is 2.81 bits per heavy atom. The third kappa shape index (κ3) is 3.91. The first-order chi connectivity index (χ1) is 15.1. The van der Waals surface area contributed by atoms with Crippen molar-refractivity contribution in [2.24, 2.45) is 0 Å². The zero-order chi connectivity index (χ0) is 21.4. The van der Waals surface area contributed by atoms with E-state index in [1.54, 1.807) is 0 Å². The van der Waals surface area contributed by atoms with Gasteiger partial charge in [-0.25, -0.2) is 0 Å². The summed E-state index contributed by atoms with van der Waals surface area (Å²) >= 11 is 0. The minimum absolute atomic E-state index is 0.0633. The third-order valence-corrected chi connectivity index (χ3v) is 6.12. The summed E-state index contributed by atoms with van der Waals surface area (Å²) in [5.41, 5.74) is 11.3. The molecule has 1 unspecified atom stereocenters. The Morgan fingerprint density at radius 2 is 2.03 bits per heavy atom. The number of hydrogen-bond donors (Lipinski definition) is 2. The Labute approximate surface area is 182 Å². The van der Waals surface area contributed by atoms with Crippen molar-refractivity contribution in [3.63, 3.8) is 0 Å². The van der Waals surface area contributed by atoms with Crippen LogP contribution in [0, 0.1) is 0 Å². The monoisotopic (exact) mass is 419 g/mol. The summed E-state index contributed by atoms with van der Waals surface area (Å²) in [6, 6.07) is 12.5. The SMILES string of the molecule is CC(C)Oc1ccc(-c2nc(-c3cccc4c3CCC4N3CCNCC3)no2)cc1N. The van der Waals surface area contributed by atoms with Gasteiger partial charge < -0.3 is 20.3 Å². The zero-order valence-corrected chi connectivity index (χ0v) is 18.1. The number of aromatic nitrogens is 2. The summed E-state index contributed by atoms with van der Waals surface area (Å²) in [4.78, 5) is 7.29. The van der Waals surface area contributed by atoms with Crippen LogP contribution in [0.25, 0.3) is 22.8 Å². The van der Waals surface area contributed by atoms with E-state index in [0.29, 0.717) is 29.2 Å². The molecule has 5 rings (SSSR count). The molecule has 7 heteroatoms. The fourth-order valence-electron chi connectivity index (χ4n) is 4.71. The summed E-state index contributed by atoms with van der Waals surface area (Å²) in [6.45, 7) is 8.26. The van der Waals surface area contributed by atoms with Gasteiger partial charge in [0.25, 0.3) is 5.89 Å². The van der Waals surface area contributed by atoms with Gasteiger partial charge in [-0.15, -0.1) is 0 Å². The van der Waals surface area contributed by atoms with Crippen molar-refractivity contribution >= 4 is 5.69 Å². The van der Waals surface area contributed by atoms with Crippen LogP contribution < -0.4 is 15.8 Å². The fraction of sp³-hybridized carbons (Fsp3) is 0.417. The predicted molar refractivity (Wildman–Crippen MR) is 121 cm³/mol. The average Bonchev–Trinajstić information content (AvgIpc) is 3.43. The second-order valence-corrected chi connectivity index (χ2v) is 8.56. The van der Waals surface area contributed by atoms with E-state index in [2.05, 4.69) is 33.6 Å². The number of nitrogens with one attached hydrogen (secondary N) is 1. The lowest BCUT2D eigenvalue weighted by Gasteiger charge is -2.33. The highest BCUT2D eigenvalue weighted by atomic mass is 16.5. The lowest BCUT2D eigenvalue weighted by Crippen LogP contribution is -2.44. The molecule has 0 spiro atoms. The van der Waals surface area contributed by atoms with Crippen LogP contribution in [0.15, 0.2) is 40.9 Å². The molecule has 1 fully saturated rings. The maximum absolute atomic E-state index is 6.16. The molecule has 0 radical (unpaired) electrons. The smallest absolute Gasteiger partial charge is 0.258 e. The van der Waals surface area contributed by atoms with Crippen LogP contribution in [0.3, 0.4) is 0 Å². The molecule has 2 aliphatic rings. The van der Waals surface area contributed by atoms with Gasteiger partial charge in [-0.1, -0.05) is 23.4 Å². The number of piperazine rings is 1. The highest BCUT2D eigenvalue weighted by Gasteiger charge is 2.31. The van der Waals surface area contributed by atoms with E-state index < -0.39 is 0 Å². The minimum atomic E-state index is 0.0633. The molecule has 162 valence electrons. The van der Waals surface area contributed by atoms with Gasteiger partial charge in [-0.05, 0) is 56.0 Å². The Bertz CT molecular complexity index is 1070. The first kappa shape index (κ1) is 20.0. The first-order valence-electron chi connectivity index (χ1n) is 11.1. The van der Waals surface area contributed by atoms with E-state index in [0.717, 1.165) is 50.1 Å².